The van der Waals surface area contributed by atoms with Gasteiger partial charge in [0.25, 0.3) is 0 Å². The van der Waals surface area contributed by atoms with E-state index in [1.165, 1.54) is 6.92 Å². The van der Waals surface area contributed by atoms with Crippen molar-refractivity contribution in [3.8, 4) is 0 Å². The molecule has 5 atom stereocenters. The Morgan fingerprint density at radius 2 is 1.22 bits per heavy atom. The predicted molar refractivity (Wildman–Crippen MR) is 169 cm³/mol. The lowest BCUT2D eigenvalue weighted by atomic mass is 9.97. The Labute approximate surface area is 265 Å². The summed E-state index contributed by atoms with van der Waals surface area (Å²) in [5.41, 5.74) is 11.5. The Morgan fingerprint density at radius 1 is 0.711 bits per heavy atom. The maximum Gasteiger partial charge on any atom is 0.302 e. The van der Waals surface area contributed by atoms with Crippen LogP contribution in [0.5, 0.6) is 0 Å². The Balaban J connectivity index is 1.56. The number of esters is 1. The largest absolute Gasteiger partial charge is 0.463 e. The van der Waals surface area contributed by atoms with Crippen molar-refractivity contribution in [1.82, 2.24) is 0 Å². The van der Waals surface area contributed by atoms with Crippen molar-refractivity contribution in [3.63, 3.8) is 0 Å². The zero-order valence-electron chi connectivity index (χ0n) is 25.8. The average Bonchev–Trinajstić information content (AvgIpc) is 3.07. The van der Waals surface area contributed by atoms with Crippen molar-refractivity contribution in [2.45, 2.75) is 83.1 Å². The van der Waals surface area contributed by atoms with E-state index < -0.39 is 36.7 Å². The van der Waals surface area contributed by atoms with E-state index in [9.17, 15) is 4.79 Å². The third-order valence-electron chi connectivity index (χ3n) is 7.40. The van der Waals surface area contributed by atoms with E-state index in [1.807, 2.05) is 91.0 Å². The van der Waals surface area contributed by atoms with Gasteiger partial charge in [0.2, 0.25) is 0 Å². The second-order valence-electron chi connectivity index (χ2n) is 10.9. The van der Waals surface area contributed by atoms with E-state index in [-0.39, 0.29) is 6.61 Å². The number of ether oxygens (including phenoxy) is 6. The molecule has 0 unspecified atom stereocenters. The van der Waals surface area contributed by atoms with Crippen LogP contribution in [0.1, 0.15) is 49.3 Å². The topological polar surface area (TPSA) is 121 Å². The summed E-state index contributed by atoms with van der Waals surface area (Å²) in [6, 6.07) is 29.7. The molecular formula is C35H43N3O7. The maximum atomic E-state index is 11.9. The van der Waals surface area contributed by atoms with Crippen molar-refractivity contribution in [1.29, 1.82) is 0 Å². The minimum Gasteiger partial charge on any atom is -0.463 e. The molecule has 1 aliphatic rings. The fourth-order valence-corrected chi connectivity index (χ4v) is 5.10. The molecule has 240 valence electrons. The van der Waals surface area contributed by atoms with Gasteiger partial charge in [-0.1, -0.05) is 109 Å². The number of hydrogen-bond donors (Lipinski definition) is 0. The van der Waals surface area contributed by atoms with E-state index in [0.717, 1.165) is 42.4 Å². The first-order valence-electron chi connectivity index (χ1n) is 15.5. The van der Waals surface area contributed by atoms with Crippen LogP contribution < -0.4 is 0 Å². The van der Waals surface area contributed by atoms with Crippen LogP contribution >= 0.6 is 0 Å². The third kappa shape index (κ3) is 11.9. The van der Waals surface area contributed by atoms with Crippen LogP contribution in [0.25, 0.3) is 10.4 Å². The van der Waals surface area contributed by atoms with E-state index in [2.05, 4.69) is 10.0 Å². The normalized spacial score (nSPS) is 21.1. The predicted octanol–water partition coefficient (Wildman–Crippen LogP) is 6.92. The number of carbonyl (C=O) groups is 1. The SMILES string of the molecule is CC(=O)OC[C@H]1O[C@H](OCCCCCCN=[N+]=[N-])[C@@H](OCc2ccccc2)[C@@H](OCc2ccccc2)[C@@H]1OCc1ccccc1. The third-order valence-corrected chi connectivity index (χ3v) is 7.40. The highest BCUT2D eigenvalue weighted by Crippen LogP contribution is 2.31. The van der Waals surface area contributed by atoms with Crippen LogP contribution in [0.4, 0.5) is 0 Å². The van der Waals surface area contributed by atoms with Gasteiger partial charge in [-0.2, -0.15) is 0 Å². The van der Waals surface area contributed by atoms with Crippen molar-refractivity contribution < 1.29 is 33.2 Å². The highest BCUT2D eigenvalue weighted by molar-refractivity contribution is 5.65. The lowest BCUT2D eigenvalue weighted by molar-refractivity contribution is -0.327. The molecule has 0 amide bonds. The number of rotatable bonds is 19. The number of nitrogens with zero attached hydrogens (tertiary/aromatic N) is 3. The van der Waals surface area contributed by atoms with Crippen LogP contribution in [0.15, 0.2) is 96.1 Å². The van der Waals surface area contributed by atoms with E-state index >= 15 is 0 Å². The lowest BCUT2D eigenvalue weighted by Gasteiger charge is -2.45. The first kappa shape index (κ1) is 34.1. The van der Waals surface area contributed by atoms with E-state index in [0.29, 0.717) is 33.0 Å². The van der Waals surface area contributed by atoms with Gasteiger partial charge in [-0.25, -0.2) is 0 Å². The van der Waals surface area contributed by atoms with Gasteiger partial charge in [-0.15, -0.1) is 0 Å². The number of hydrogen-bond acceptors (Lipinski definition) is 8. The minimum atomic E-state index is -0.796. The molecule has 1 saturated heterocycles. The van der Waals surface area contributed by atoms with Gasteiger partial charge in [0, 0.05) is 25.0 Å². The second kappa shape index (κ2) is 19.6. The molecular weight excluding hydrogens is 574 g/mol. The zero-order chi connectivity index (χ0) is 31.5. The number of benzene rings is 3. The number of unbranched alkanes of at least 4 members (excludes halogenated alkanes) is 3. The quantitative estimate of drug-likeness (QED) is 0.0471. The molecule has 3 aromatic carbocycles. The van der Waals surface area contributed by atoms with E-state index in [1.54, 1.807) is 0 Å². The molecule has 1 fully saturated rings. The summed E-state index contributed by atoms with van der Waals surface area (Å²) in [6.45, 7) is 3.21. The van der Waals surface area contributed by atoms with Crippen LogP contribution in [0.2, 0.25) is 0 Å². The molecule has 0 aliphatic carbocycles. The number of azide groups is 1. The molecule has 0 aromatic heterocycles. The van der Waals surface area contributed by atoms with Gasteiger partial charge >= 0.3 is 5.97 Å². The summed E-state index contributed by atoms with van der Waals surface area (Å²) >= 11 is 0. The first-order chi connectivity index (χ1) is 22.1. The van der Waals surface area contributed by atoms with Gasteiger partial charge in [0.05, 0.1) is 19.8 Å². The number of carbonyl (C=O) groups excluding carboxylic acids is 1. The Hall–Kier alpha value is -3.76. The smallest absolute Gasteiger partial charge is 0.302 e. The van der Waals surface area contributed by atoms with Crippen molar-refractivity contribution >= 4 is 5.97 Å². The average molecular weight is 618 g/mol. The van der Waals surface area contributed by atoms with Crippen LogP contribution in [0, 0.1) is 0 Å². The van der Waals surface area contributed by atoms with Gasteiger partial charge < -0.3 is 28.4 Å². The Morgan fingerprint density at radius 3 is 1.76 bits per heavy atom. The second-order valence-corrected chi connectivity index (χ2v) is 10.9. The molecule has 0 radical (unpaired) electrons. The van der Waals surface area contributed by atoms with Crippen LogP contribution in [0.3, 0.4) is 0 Å². The van der Waals surface area contributed by atoms with Crippen molar-refractivity contribution in [3.05, 3.63) is 118 Å². The molecule has 1 aliphatic heterocycles. The van der Waals surface area contributed by atoms with Gasteiger partial charge in [-0.05, 0) is 35.1 Å². The summed E-state index contributed by atoms with van der Waals surface area (Å²) in [4.78, 5) is 14.7. The Kier molecular flexibility index (Phi) is 14.9. The summed E-state index contributed by atoms with van der Waals surface area (Å²) in [6.07, 6.45) is 0.112. The Bertz CT molecular complexity index is 1290. The van der Waals surface area contributed by atoms with Gasteiger partial charge in [-0.3, -0.25) is 4.79 Å². The molecule has 0 saturated carbocycles. The van der Waals surface area contributed by atoms with Gasteiger partial charge in [0.1, 0.15) is 31.0 Å². The van der Waals surface area contributed by atoms with Crippen LogP contribution in [-0.2, 0) is 53.0 Å². The van der Waals surface area contributed by atoms with Gasteiger partial charge in [0.15, 0.2) is 6.29 Å². The zero-order valence-corrected chi connectivity index (χ0v) is 25.8. The molecule has 10 heteroatoms. The molecule has 4 rings (SSSR count). The molecule has 0 spiro atoms. The summed E-state index contributed by atoms with van der Waals surface area (Å²) in [7, 11) is 0. The minimum absolute atomic E-state index is 0.0232. The summed E-state index contributed by atoms with van der Waals surface area (Å²) < 4.78 is 38.0. The molecule has 45 heavy (non-hydrogen) atoms. The molecule has 0 bridgehead atoms. The molecule has 1 heterocycles. The molecule has 10 nitrogen and oxygen atoms in total. The monoisotopic (exact) mass is 617 g/mol. The fraction of sp³-hybridized carbons (Fsp3) is 0.457. The summed E-state index contributed by atoms with van der Waals surface area (Å²) in [5, 5.41) is 3.60. The van der Waals surface area contributed by atoms with Crippen molar-refractivity contribution in [2.75, 3.05) is 19.8 Å². The standard InChI is InChI=1S/C35H43N3O7/c1-27(39)41-26-31-32(42-23-28-15-7-4-8-16-28)33(43-24-29-17-9-5-10-18-29)34(44-25-30-19-11-6-12-20-30)35(45-31)40-22-14-3-2-13-21-37-38-36/h4-12,15-20,31-35H,2-3,13-14,21-26H2,1H3/t31-,32-,33+,34+,35+/m1/s1. The molecule has 3 aromatic rings. The summed E-state index contributed by atoms with van der Waals surface area (Å²) in [5.74, 6) is -0.414. The molecule has 0 N–H and O–H groups in total. The fourth-order valence-electron chi connectivity index (χ4n) is 5.10. The highest BCUT2D eigenvalue weighted by Gasteiger charge is 2.49. The van der Waals surface area contributed by atoms with Crippen LogP contribution in [-0.4, -0.2) is 56.4 Å². The highest BCUT2D eigenvalue weighted by atomic mass is 16.7. The first-order valence-corrected chi connectivity index (χ1v) is 15.5. The maximum absolute atomic E-state index is 11.9. The van der Waals surface area contributed by atoms with E-state index in [4.69, 9.17) is 34.0 Å². The lowest BCUT2D eigenvalue weighted by Crippen LogP contribution is -2.62. The van der Waals surface area contributed by atoms with Crippen molar-refractivity contribution in [2.24, 2.45) is 5.11 Å².